The Bertz CT molecular complexity index is 612. The van der Waals surface area contributed by atoms with E-state index in [2.05, 4.69) is 20.6 Å². The lowest BCUT2D eigenvalue weighted by Gasteiger charge is -2.09. The average molecular weight is 292 g/mol. The number of hydrogen-bond acceptors (Lipinski definition) is 5. The van der Waals surface area contributed by atoms with Gasteiger partial charge in [0.05, 0.1) is 13.7 Å². The molecule has 0 aliphatic rings. The molecule has 106 valence electrons. The van der Waals surface area contributed by atoms with Gasteiger partial charge in [-0.1, -0.05) is 0 Å². The van der Waals surface area contributed by atoms with Crippen LogP contribution in [0.25, 0.3) is 0 Å². The van der Waals surface area contributed by atoms with Crippen molar-refractivity contribution in [2.45, 2.75) is 20.4 Å². The Morgan fingerprint density at radius 2 is 2.15 bits per heavy atom. The Kier molecular flexibility index (Phi) is 4.52. The molecule has 0 saturated carbocycles. The second-order valence-corrected chi connectivity index (χ2v) is 4.60. The Labute approximate surface area is 122 Å². The molecule has 2 aromatic rings. The first-order chi connectivity index (χ1) is 9.56. The van der Waals surface area contributed by atoms with Gasteiger partial charge in [0.25, 0.3) is 0 Å². The zero-order valence-corrected chi connectivity index (χ0v) is 12.4. The van der Waals surface area contributed by atoms with Crippen molar-refractivity contribution in [2.24, 2.45) is 0 Å². The summed E-state index contributed by atoms with van der Waals surface area (Å²) >= 11 is 5.18. The SMILES string of the molecule is COc1cc(C)nc(NC(=S)NCc2ccc(C)o2)n1. The second kappa shape index (κ2) is 6.33. The number of nitrogens with zero attached hydrogens (tertiary/aromatic N) is 2. The topological polar surface area (TPSA) is 72.2 Å². The molecule has 2 rings (SSSR count). The lowest BCUT2D eigenvalue weighted by atomic mass is 10.4. The minimum Gasteiger partial charge on any atom is -0.481 e. The van der Waals surface area contributed by atoms with Gasteiger partial charge in [0.1, 0.15) is 11.5 Å². The minimum absolute atomic E-state index is 0.398. The van der Waals surface area contributed by atoms with Gasteiger partial charge in [-0.3, -0.25) is 0 Å². The number of furan rings is 1. The zero-order chi connectivity index (χ0) is 14.5. The summed E-state index contributed by atoms with van der Waals surface area (Å²) in [7, 11) is 1.56. The number of anilines is 1. The molecule has 2 N–H and O–H groups in total. The molecule has 2 heterocycles. The molecule has 7 heteroatoms. The predicted octanol–water partition coefficient (Wildman–Crippen LogP) is 2.18. The Morgan fingerprint density at radius 1 is 1.35 bits per heavy atom. The number of aryl methyl sites for hydroxylation is 2. The van der Waals surface area contributed by atoms with Crippen LogP contribution in [0.5, 0.6) is 5.88 Å². The van der Waals surface area contributed by atoms with Gasteiger partial charge in [0.2, 0.25) is 11.8 Å². The molecule has 6 nitrogen and oxygen atoms in total. The Morgan fingerprint density at radius 3 is 2.80 bits per heavy atom. The van der Waals surface area contributed by atoms with Gasteiger partial charge >= 0.3 is 0 Å². The van der Waals surface area contributed by atoms with Gasteiger partial charge in [0, 0.05) is 11.8 Å². The maximum Gasteiger partial charge on any atom is 0.232 e. The smallest absolute Gasteiger partial charge is 0.232 e. The Balaban J connectivity index is 1.92. The highest BCUT2D eigenvalue weighted by atomic mass is 32.1. The Hall–Kier alpha value is -2.15. The van der Waals surface area contributed by atoms with Crippen molar-refractivity contribution >= 4 is 23.3 Å². The highest BCUT2D eigenvalue weighted by Gasteiger charge is 2.05. The van der Waals surface area contributed by atoms with Crippen molar-refractivity contribution < 1.29 is 9.15 Å². The molecule has 0 aliphatic carbocycles. The number of nitrogens with one attached hydrogen (secondary N) is 2. The van der Waals surface area contributed by atoms with E-state index in [-0.39, 0.29) is 0 Å². The number of methoxy groups -OCH3 is 1. The molecule has 0 unspecified atom stereocenters. The molecule has 0 aromatic carbocycles. The fraction of sp³-hybridized carbons (Fsp3) is 0.308. The van der Waals surface area contributed by atoms with Crippen LogP contribution < -0.4 is 15.4 Å². The molecular formula is C13H16N4O2S. The molecular weight excluding hydrogens is 276 g/mol. The van der Waals surface area contributed by atoms with Gasteiger partial charge in [-0.15, -0.1) is 0 Å². The number of ether oxygens (including phenoxy) is 1. The van der Waals surface area contributed by atoms with Crippen LogP contribution in [0, 0.1) is 13.8 Å². The average Bonchev–Trinajstić information content (AvgIpc) is 2.81. The molecule has 0 fully saturated rings. The summed E-state index contributed by atoms with van der Waals surface area (Å²) in [5.41, 5.74) is 0.795. The van der Waals surface area contributed by atoms with E-state index >= 15 is 0 Å². The van der Waals surface area contributed by atoms with Crippen LogP contribution in [-0.2, 0) is 6.54 Å². The van der Waals surface area contributed by atoms with E-state index in [9.17, 15) is 0 Å². The first-order valence-corrected chi connectivity index (χ1v) is 6.47. The first kappa shape index (κ1) is 14.3. The maximum absolute atomic E-state index is 5.44. The zero-order valence-electron chi connectivity index (χ0n) is 11.6. The third kappa shape index (κ3) is 3.92. The normalized spacial score (nSPS) is 10.2. The number of aromatic nitrogens is 2. The van der Waals surface area contributed by atoms with Crippen LogP contribution in [0.4, 0.5) is 5.95 Å². The third-order valence-corrected chi connectivity index (χ3v) is 2.73. The third-order valence-electron chi connectivity index (χ3n) is 2.48. The second-order valence-electron chi connectivity index (χ2n) is 4.20. The molecule has 0 atom stereocenters. The summed E-state index contributed by atoms with van der Waals surface area (Å²) in [6.07, 6.45) is 0. The summed E-state index contributed by atoms with van der Waals surface area (Å²) in [6, 6.07) is 5.55. The van der Waals surface area contributed by atoms with E-state index in [4.69, 9.17) is 21.4 Å². The molecule has 2 aromatic heterocycles. The summed E-state index contributed by atoms with van der Waals surface area (Å²) in [4.78, 5) is 8.38. The standard InChI is InChI=1S/C13H16N4O2S/c1-8-6-11(18-3)16-12(15-8)17-13(20)14-7-10-5-4-9(2)19-10/h4-6H,7H2,1-3H3,(H2,14,15,16,17,20). The van der Waals surface area contributed by atoms with Crippen LogP contribution in [0.1, 0.15) is 17.2 Å². The van der Waals surface area contributed by atoms with Gasteiger partial charge in [-0.05, 0) is 38.2 Å². The van der Waals surface area contributed by atoms with Crippen molar-refractivity contribution in [1.82, 2.24) is 15.3 Å². The van der Waals surface area contributed by atoms with Crippen LogP contribution >= 0.6 is 12.2 Å². The van der Waals surface area contributed by atoms with Crippen LogP contribution in [-0.4, -0.2) is 22.2 Å². The van der Waals surface area contributed by atoms with E-state index < -0.39 is 0 Å². The van der Waals surface area contributed by atoms with Gasteiger partial charge in [0.15, 0.2) is 5.11 Å². The van der Waals surface area contributed by atoms with Crippen molar-refractivity contribution in [1.29, 1.82) is 0 Å². The van der Waals surface area contributed by atoms with Crippen LogP contribution in [0.15, 0.2) is 22.6 Å². The highest BCUT2D eigenvalue weighted by Crippen LogP contribution is 2.11. The monoisotopic (exact) mass is 292 g/mol. The van der Waals surface area contributed by atoms with Gasteiger partial charge < -0.3 is 19.8 Å². The maximum atomic E-state index is 5.44. The van der Waals surface area contributed by atoms with E-state index in [0.717, 1.165) is 17.2 Å². The van der Waals surface area contributed by atoms with Crippen molar-refractivity contribution in [3.05, 3.63) is 35.4 Å². The first-order valence-electron chi connectivity index (χ1n) is 6.06. The molecule has 0 saturated heterocycles. The van der Waals surface area contributed by atoms with Gasteiger partial charge in [-0.25, -0.2) is 4.98 Å². The van der Waals surface area contributed by atoms with Crippen LogP contribution in [0.2, 0.25) is 0 Å². The van der Waals surface area contributed by atoms with Crippen molar-refractivity contribution in [2.75, 3.05) is 12.4 Å². The summed E-state index contributed by atoms with van der Waals surface area (Å²) in [5, 5.41) is 6.36. The summed E-state index contributed by atoms with van der Waals surface area (Å²) < 4.78 is 10.5. The molecule has 0 aliphatic heterocycles. The quantitative estimate of drug-likeness (QED) is 0.837. The molecule has 0 radical (unpaired) electrons. The lowest BCUT2D eigenvalue weighted by Crippen LogP contribution is -2.28. The molecule has 0 bridgehead atoms. The predicted molar refractivity (Wildman–Crippen MR) is 79.8 cm³/mol. The van der Waals surface area contributed by atoms with E-state index in [1.54, 1.807) is 13.2 Å². The molecule has 20 heavy (non-hydrogen) atoms. The largest absolute Gasteiger partial charge is 0.481 e. The van der Waals surface area contributed by atoms with Gasteiger partial charge in [-0.2, -0.15) is 4.98 Å². The van der Waals surface area contributed by atoms with Crippen molar-refractivity contribution in [3.8, 4) is 5.88 Å². The summed E-state index contributed by atoms with van der Waals surface area (Å²) in [5.74, 6) is 2.57. The molecule has 0 spiro atoms. The summed E-state index contributed by atoms with van der Waals surface area (Å²) in [6.45, 7) is 4.26. The van der Waals surface area contributed by atoms with E-state index in [1.807, 2.05) is 26.0 Å². The van der Waals surface area contributed by atoms with Crippen LogP contribution in [0.3, 0.4) is 0 Å². The lowest BCUT2D eigenvalue weighted by molar-refractivity contribution is 0.397. The number of thiocarbonyl (C=S) groups is 1. The fourth-order valence-corrected chi connectivity index (χ4v) is 1.76. The number of rotatable bonds is 4. The fourth-order valence-electron chi connectivity index (χ4n) is 1.59. The van der Waals surface area contributed by atoms with E-state index in [1.165, 1.54) is 0 Å². The van der Waals surface area contributed by atoms with E-state index in [0.29, 0.717) is 23.5 Å². The highest BCUT2D eigenvalue weighted by molar-refractivity contribution is 7.80. The molecule has 0 amide bonds. The minimum atomic E-state index is 0.398. The number of hydrogen-bond donors (Lipinski definition) is 2. The van der Waals surface area contributed by atoms with Crippen molar-refractivity contribution in [3.63, 3.8) is 0 Å².